The van der Waals surface area contributed by atoms with Crippen LogP contribution in [-0.4, -0.2) is 43.1 Å². The lowest BCUT2D eigenvalue weighted by atomic mass is 9.99. The first kappa shape index (κ1) is 25.2. The molecule has 0 aliphatic rings. The monoisotopic (exact) mass is 548 g/mol. The van der Waals surface area contributed by atoms with Gasteiger partial charge in [0.2, 0.25) is 0 Å². The van der Waals surface area contributed by atoms with E-state index >= 15 is 0 Å². The largest absolute Gasteiger partial charge is 0.497 e. The number of carbonyl (C=O) groups is 1. The van der Waals surface area contributed by atoms with Crippen molar-refractivity contribution in [3.63, 3.8) is 0 Å². The van der Waals surface area contributed by atoms with Gasteiger partial charge >= 0.3 is 0 Å². The molecule has 0 bridgehead atoms. The number of H-pyrrole nitrogens is 1. The summed E-state index contributed by atoms with van der Waals surface area (Å²) in [6, 6.07) is 29.1. The molecule has 0 radical (unpaired) electrons. The summed E-state index contributed by atoms with van der Waals surface area (Å²) in [7, 11) is 1.64. The number of nitrogens with zero attached hydrogens (tertiary/aromatic N) is 4. The van der Waals surface area contributed by atoms with E-state index in [0.29, 0.717) is 10.7 Å². The van der Waals surface area contributed by atoms with Crippen molar-refractivity contribution < 1.29 is 9.53 Å². The molecule has 0 aliphatic carbocycles. The number of thioether (sulfide) groups is 1. The van der Waals surface area contributed by atoms with Crippen molar-refractivity contribution in [2.75, 3.05) is 18.6 Å². The van der Waals surface area contributed by atoms with E-state index < -0.39 is 11.5 Å². The Labute approximate surface area is 233 Å². The topological polar surface area (TPSA) is 121 Å². The molecule has 0 aliphatic heterocycles. The third-order valence-corrected chi connectivity index (χ3v) is 7.45. The van der Waals surface area contributed by atoms with Crippen LogP contribution < -0.4 is 16.0 Å². The van der Waals surface area contributed by atoms with Crippen LogP contribution in [-0.2, 0) is 0 Å². The van der Waals surface area contributed by atoms with Gasteiger partial charge in [0.15, 0.2) is 0 Å². The van der Waals surface area contributed by atoms with Gasteiger partial charge in [-0.3, -0.25) is 19.3 Å². The number of rotatable bonds is 7. The van der Waals surface area contributed by atoms with Crippen molar-refractivity contribution >= 4 is 34.5 Å². The SMILES string of the molecule is COc1ccc(-n2c(-c3ccccc3)c(-c3ccccc3)c3c(SCC(=O)n4[nH]c(N)cc4=O)ncnc32)cc1. The normalized spacial score (nSPS) is 11.1. The Morgan fingerprint density at radius 3 is 2.25 bits per heavy atom. The van der Waals surface area contributed by atoms with E-state index in [9.17, 15) is 9.59 Å². The molecular weight excluding hydrogens is 524 g/mol. The molecular formula is C30H24N6O3S. The standard InChI is InChI=1S/C30H24N6O3S/c1-39-22-14-12-21(13-15-22)35-28(20-10-6-3-7-11-20)26(19-8-4-2-5-9-19)27-29(35)32-18-33-30(27)40-17-25(38)36-24(37)16-23(31)34-36/h2-16,18,34H,17,31H2,1H3. The Kier molecular flexibility index (Phi) is 6.67. The lowest BCUT2D eigenvalue weighted by molar-refractivity contribution is 0.0923. The summed E-state index contributed by atoms with van der Waals surface area (Å²) < 4.78 is 8.42. The Morgan fingerprint density at radius 2 is 1.62 bits per heavy atom. The number of ether oxygens (including phenoxy) is 1. The van der Waals surface area contributed by atoms with Gasteiger partial charge in [0.05, 0.1) is 23.9 Å². The van der Waals surface area contributed by atoms with Crippen LogP contribution in [0.15, 0.2) is 107 Å². The Balaban J connectivity index is 1.60. The van der Waals surface area contributed by atoms with Crippen LogP contribution in [0.2, 0.25) is 0 Å². The van der Waals surface area contributed by atoms with Gasteiger partial charge in [-0.15, -0.1) is 0 Å². The van der Waals surface area contributed by atoms with E-state index in [0.717, 1.165) is 43.9 Å². The van der Waals surface area contributed by atoms with Gasteiger partial charge in [-0.25, -0.2) is 9.97 Å². The Hall–Kier alpha value is -5.09. The molecule has 6 rings (SSSR count). The molecule has 40 heavy (non-hydrogen) atoms. The lowest BCUT2D eigenvalue weighted by Gasteiger charge is -2.13. The zero-order valence-corrected chi connectivity index (χ0v) is 22.3. The Bertz CT molecular complexity index is 1880. The van der Waals surface area contributed by atoms with Crippen LogP contribution in [0, 0.1) is 0 Å². The highest BCUT2D eigenvalue weighted by molar-refractivity contribution is 8.00. The molecule has 0 atom stereocenters. The smallest absolute Gasteiger partial charge is 0.275 e. The number of methoxy groups -OCH3 is 1. The van der Waals surface area contributed by atoms with Crippen molar-refractivity contribution in [3.8, 4) is 33.8 Å². The fraction of sp³-hybridized carbons (Fsp3) is 0.0667. The molecule has 0 fully saturated rings. The van der Waals surface area contributed by atoms with Gasteiger partial charge in [0, 0.05) is 17.3 Å². The Morgan fingerprint density at radius 1 is 0.950 bits per heavy atom. The highest BCUT2D eigenvalue weighted by Gasteiger charge is 2.25. The van der Waals surface area contributed by atoms with Gasteiger partial charge in [-0.2, -0.15) is 4.68 Å². The number of anilines is 1. The van der Waals surface area contributed by atoms with Crippen LogP contribution in [0.4, 0.5) is 5.82 Å². The number of hydrogen-bond donors (Lipinski definition) is 2. The first-order chi connectivity index (χ1) is 19.5. The minimum atomic E-state index is -0.502. The molecule has 3 aromatic carbocycles. The first-order valence-corrected chi connectivity index (χ1v) is 13.4. The van der Waals surface area contributed by atoms with E-state index in [-0.39, 0.29) is 11.6 Å². The number of fused-ring (bicyclic) bond motifs is 1. The summed E-state index contributed by atoms with van der Waals surface area (Å²) in [5, 5.41) is 4.02. The fourth-order valence-electron chi connectivity index (χ4n) is 4.73. The summed E-state index contributed by atoms with van der Waals surface area (Å²) in [6.45, 7) is 0. The van der Waals surface area contributed by atoms with Crippen LogP contribution in [0.5, 0.6) is 5.75 Å². The third-order valence-electron chi connectivity index (χ3n) is 6.48. The van der Waals surface area contributed by atoms with E-state index in [1.807, 2.05) is 72.8 Å². The first-order valence-electron chi connectivity index (χ1n) is 12.4. The summed E-state index contributed by atoms with van der Waals surface area (Å²) >= 11 is 1.24. The fourth-order valence-corrected chi connectivity index (χ4v) is 5.58. The molecule has 198 valence electrons. The van der Waals surface area contributed by atoms with Crippen molar-refractivity contribution in [2.45, 2.75) is 5.03 Å². The van der Waals surface area contributed by atoms with Crippen LogP contribution in [0.1, 0.15) is 4.79 Å². The molecule has 6 aromatic rings. The zero-order chi connectivity index (χ0) is 27.6. The zero-order valence-electron chi connectivity index (χ0n) is 21.4. The maximum absolute atomic E-state index is 12.9. The predicted molar refractivity (Wildman–Crippen MR) is 157 cm³/mol. The van der Waals surface area contributed by atoms with E-state index in [1.54, 1.807) is 7.11 Å². The maximum Gasteiger partial charge on any atom is 0.275 e. The maximum atomic E-state index is 12.9. The number of nitrogens with two attached hydrogens (primary N) is 1. The van der Waals surface area contributed by atoms with Gasteiger partial charge < -0.3 is 10.5 Å². The molecule has 0 saturated carbocycles. The number of aromatic amines is 1. The highest BCUT2D eigenvalue weighted by Crippen LogP contribution is 2.44. The molecule has 3 heterocycles. The third kappa shape index (κ3) is 4.54. The second-order valence-corrected chi connectivity index (χ2v) is 9.90. The van der Waals surface area contributed by atoms with Gasteiger partial charge in [-0.05, 0) is 35.4 Å². The molecule has 3 aromatic heterocycles. The summed E-state index contributed by atoms with van der Waals surface area (Å²) in [5.74, 6) is 0.407. The minimum Gasteiger partial charge on any atom is -0.497 e. The van der Waals surface area contributed by atoms with Gasteiger partial charge in [-0.1, -0.05) is 72.4 Å². The quantitative estimate of drug-likeness (QED) is 0.206. The molecule has 9 nitrogen and oxygen atoms in total. The molecule has 0 spiro atoms. The summed E-state index contributed by atoms with van der Waals surface area (Å²) in [6.07, 6.45) is 1.50. The number of aromatic nitrogens is 5. The van der Waals surface area contributed by atoms with Crippen LogP contribution >= 0.6 is 11.8 Å². The summed E-state index contributed by atoms with van der Waals surface area (Å²) in [5.41, 5.74) is 10.6. The number of hydrogen-bond acceptors (Lipinski definition) is 7. The number of benzene rings is 3. The second kappa shape index (κ2) is 10.6. The minimum absolute atomic E-state index is 0.0331. The van der Waals surface area contributed by atoms with Crippen molar-refractivity contribution in [3.05, 3.63) is 108 Å². The van der Waals surface area contributed by atoms with Gasteiger partial charge in [0.1, 0.15) is 28.6 Å². The summed E-state index contributed by atoms with van der Waals surface area (Å²) in [4.78, 5) is 34.4. The second-order valence-electron chi connectivity index (χ2n) is 8.93. The molecule has 0 saturated heterocycles. The molecule has 3 N–H and O–H groups in total. The van der Waals surface area contributed by atoms with Crippen molar-refractivity contribution in [1.82, 2.24) is 24.3 Å². The molecule has 10 heteroatoms. The van der Waals surface area contributed by atoms with E-state index in [4.69, 9.17) is 15.5 Å². The molecule has 0 amide bonds. The lowest BCUT2D eigenvalue weighted by Crippen LogP contribution is -2.25. The molecule has 0 unspecified atom stereocenters. The average molecular weight is 549 g/mol. The number of carbonyl (C=O) groups excluding carboxylic acids is 1. The van der Waals surface area contributed by atoms with Gasteiger partial charge in [0.25, 0.3) is 11.5 Å². The number of nitrogen functional groups attached to an aromatic ring is 1. The van der Waals surface area contributed by atoms with Crippen molar-refractivity contribution in [1.29, 1.82) is 0 Å². The van der Waals surface area contributed by atoms with E-state index in [1.165, 1.54) is 24.2 Å². The number of nitrogens with one attached hydrogen (secondary N) is 1. The van der Waals surface area contributed by atoms with E-state index in [2.05, 4.69) is 26.8 Å². The van der Waals surface area contributed by atoms with Crippen LogP contribution in [0.25, 0.3) is 39.1 Å². The average Bonchev–Trinajstić information content (AvgIpc) is 3.53. The predicted octanol–water partition coefficient (Wildman–Crippen LogP) is 5.27. The van der Waals surface area contributed by atoms with Crippen molar-refractivity contribution in [2.24, 2.45) is 0 Å². The van der Waals surface area contributed by atoms with Crippen LogP contribution in [0.3, 0.4) is 0 Å². The highest BCUT2D eigenvalue weighted by atomic mass is 32.2.